The third kappa shape index (κ3) is 2.63. The quantitative estimate of drug-likeness (QED) is 0.876. The molecule has 4 heteroatoms. The Morgan fingerprint density at radius 3 is 2.32 bits per heavy atom. The molecule has 0 amide bonds. The van der Waals surface area contributed by atoms with E-state index in [0.717, 1.165) is 12.1 Å². The standard InChI is InChI=1S/C15H13F3O/c1-8-5-10(7-11(16)6-8)15(19)13-12(17)4-3-9(2)14(13)18/h3-7,15,19H,1-2H3. The number of hydrogen-bond donors (Lipinski definition) is 1. The minimum absolute atomic E-state index is 0.126. The number of aliphatic hydroxyl groups is 1. The predicted molar refractivity (Wildman–Crippen MR) is 66.3 cm³/mol. The number of hydrogen-bond acceptors (Lipinski definition) is 1. The Hall–Kier alpha value is -1.81. The van der Waals surface area contributed by atoms with Gasteiger partial charge in [-0.05, 0) is 48.7 Å². The van der Waals surface area contributed by atoms with Gasteiger partial charge in [0, 0.05) is 0 Å². The molecule has 100 valence electrons. The number of rotatable bonds is 2. The second-order valence-electron chi connectivity index (χ2n) is 4.56. The first-order valence-electron chi connectivity index (χ1n) is 5.80. The lowest BCUT2D eigenvalue weighted by Gasteiger charge is -2.15. The molecule has 1 nitrogen and oxygen atoms in total. The summed E-state index contributed by atoms with van der Waals surface area (Å²) < 4.78 is 40.9. The summed E-state index contributed by atoms with van der Waals surface area (Å²) in [5.41, 5.74) is 0.469. The van der Waals surface area contributed by atoms with E-state index in [4.69, 9.17) is 0 Å². The van der Waals surface area contributed by atoms with Gasteiger partial charge in [-0.2, -0.15) is 0 Å². The molecule has 0 saturated carbocycles. The van der Waals surface area contributed by atoms with Gasteiger partial charge in [-0.25, -0.2) is 13.2 Å². The molecule has 0 saturated heterocycles. The van der Waals surface area contributed by atoms with E-state index in [0.29, 0.717) is 5.56 Å². The highest BCUT2D eigenvalue weighted by Crippen LogP contribution is 2.29. The van der Waals surface area contributed by atoms with Crippen molar-refractivity contribution >= 4 is 0 Å². The molecule has 2 aromatic carbocycles. The van der Waals surface area contributed by atoms with E-state index in [2.05, 4.69) is 0 Å². The number of aliphatic hydroxyl groups excluding tert-OH is 1. The Balaban J connectivity index is 2.55. The Kier molecular flexibility index (Phi) is 3.62. The zero-order chi connectivity index (χ0) is 14.2. The van der Waals surface area contributed by atoms with E-state index in [1.807, 2.05) is 0 Å². The summed E-state index contributed by atoms with van der Waals surface area (Å²) in [5, 5.41) is 10.1. The fourth-order valence-corrected chi connectivity index (χ4v) is 2.02. The molecule has 0 spiro atoms. The van der Waals surface area contributed by atoms with Crippen molar-refractivity contribution in [2.24, 2.45) is 0 Å². The topological polar surface area (TPSA) is 20.2 Å². The molecule has 2 aromatic rings. The van der Waals surface area contributed by atoms with Gasteiger partial charge in [0.2, 0.25) is 0 Å². The maximum atomic E-state index is 13.9. The predicted octanol–water partition coefficient (Wildman–Crippen LogP) is 3.80. The van der Waals surface area contributed by atoms with E-state index < -0.39 is 29.1 Å². The van der Waals surface area contributed by atoms with Crippen LogP contribution in [0.2, 0.25) is 0 Å². The largest absolute Gasteiger partial charge is 0.383 e. The van der Waals surface area contributed by atoms with Crippen molar-refractivity contribution in [3.8, 4) is 0 Å². The van der Waals surface area contributed by atoms with Crippen molar-refractivity contribution in [1.82, 2.24) is 0 Å². The van der Waals surface area contributed by atoms with Crippen LogP contribution in [0.3, 0.4) is 0 Å². The van der Waals surface area contributed by atoms with Crippen LogP contribution in [0.15, 0.2) is 30.3 Å². The minimum atomic E-state index is -1.53. The van der Waals surface area contributed by atoms with E-state index >= 15 is 0 Å². The molecule has 0 aliphatic rings. The number of benzene rings is 2. The lowest BCUT2D eigenvalue weighted by molar-refractivity contribution is 0.208. The highest BCUT2D eigenvalue weighted by atomic mass is 19.1. The fourth-order valence-electron chi connectivity index (χ4n) is 2.02. The minimum Gasteiger partial charge on any atom is -0.383 e. The summed E-state index contributed by atoms with van der Waals surface area (Å²) in [7, 11) is 0. The van der Waals surface area contributed by atoms with Crippen LogP contribution in [0.4, 0.5) is 13.2 Å². The summed E-state index contributed by atoms with van der Waals surface area (Å²) in [6.07, 6.45) is -1.53. The van der Waals surface area contributed by atoms with Crippen molar-refractivity contribution in [3.63, 3.8) is 0 Å². The van der Waals surface area contributed by atoms with Crippen molar-refractivity contribution in [2.45, 2.75) is 20.0 Å². The second-order valence-corrected chi connectivity index (χ2v) is 4.56. The van der Waals surface area contributed by atoms with Gasteiger partial charge < -0.3 is 5.11 Å². The summed E-state index contributed by atoms with van der Waals surface area (Å²) in [5.74, 6) is -2.21. The van der Waals surface area contributed by atoms with Crippen LogP contribution in [0.25, 0.3) is 0 Å². The summed E-state index contributed by atoms with van der Waals surface area (Å²) >= 11 is 0. The Labute approximate surface area is 109 Å². The van der Waals surface area contributed by atoms with Crippen LogP contribution >= 0.6 is 0 Å². The molecule has 1 atom stereocenters. The molecular formula is C15H13F3O. The smallest absolute Gasteiger partial charge is 0.135 e. The lowest BCUT2D eigenvalue weighted by atomic mass is 9.97. The average Bonchev–Trinajstić information content (AvgIpc) is 2.33. The average molecular weight is 266 g/mol. The van der Waals surface area contributed by atoms with Gasteiger partial charge in [0.15, 0.2) is 0 Å². The molecule has 0 aliphatic carbocycles. The molecule has 1 unspecified atom stereocenters. The van der Waals surface area contributed by atoms with Crippen LogP contribution < -0.4 is 0 Å². The molecule has 0 aliphatic heterocycles. The Morgan fingerprint density at radius 2 is 1.68 bits per heavy atom. The monoisotopic (exact) mass is 266 g/mol. The highest BCUT2D eigenvalue weighted by Gasteiger charge is 2.21. The lowest BCUT2D eigenvalue weighted by Crippen LogP contribution is -2.07. The van der Waals surface area contributed by atoms with Gasteiger partial charge in [-0.1, -0.05) is 12.1 Å². The van der Waals surface area contributed by atoms with Gasteiger partial charge >= 0.3 is 0 Å². The van der Waals surface area contributed by atoms with Crippen molar-refractivity contribution in [1.29, 1.82) is 0 Å². The third-order valence-electron chi connectivity index (χ3n) is 2.97. The van der Waals surface area contributed by atoms with Crippen LogP contribution in [0.1, 0.15) is 28.4 Å². The van der Waals surface area contributed by atoms with Crippen molar-refractivity contribution < 1.29 is 18.3 Å². The third-order valence-corrected chi connectivity index (χ3v) is 2.97. The normalized spacial score (nSPS) is 12.5. The highest BCUT2D eigenvalue weighted by molar-refractivity contribution is 5.36. The summed E-state index contributed by atoms with van der Waals surface area (Å²) in [4.78, 5) is 0. The van der Waals surface area contributed by atoms with Gasteiger partial charge in [-0.15, -0.1) is 0 Å². The SMILES string of the molecule is Cc1cc(F)cc(C(O)c2c(F)ccc(C)c2F)c1. The van der Waals surface area contributed by atoms with E-state index in [9.17, 15) is 18.3 Å². The molecule has 0 bridgehead atoms. The van der Waals surface area contributed by atoms with E-state index in [1.54, 1.807) is 6.92 Å². The fraction of sp³-hybridized carbons (Fsp3) is 0.200. The van der Waals surface area contributed by atoms with Crippen LogP contribution in [-0.2, 0) is 0 Å². The second kappa shape index (κ2) is 5.05. The Morgan fingerprint density at radius 1 is 1.00 bits per heavy atom. The number of halogens is 3. The maximum Gasteiger partial charge on any atom is 0.135 e. The van der Waals surface area contributed by atoms with Gasteiger partial charge in [0.25, 0.3) is 0 Å². The zero-order valence-corrected chi connectivity index (χ0v) is 10.5. The van der Waals surface area contributed by atoms with Crippen molar-refractivity contribution in [2.75, 3.05) is 0 Å². The van der Waals surface area contributed by atoms with Gasteiger partial charge in [0.1, 0.15) is 23.6 Å². The molecule has 1 N–H and O–H groups in total. The van der Waals surface area contributed by atoms with Gasteiger partial charge in [-0.3, -0.25) is 0 Å². The first-order chi connectivity index (χ1) is 8.90. The van der Waals surface area contributed by atoms with E-state index in [-0.39, 0.29) is 11.1 Å². The molecule has 19 heavy (non-hydrogen) atoms. The van der Waals surface area contributed by atoms with E-state index in [1.165, 1.54) is 25.1 Å². The van der Waals surface area contributed by atoms with Crippen LogP contribution in [-0.4, -0.2) is 5.11 Å². The zero-order valence-electron chi connectivity index (χ0n) is 10.5. The first-order valence-corrected chi connectivity index (χ1v) is 5.80. The van der Waals surface area contributed by atoms with Crippen LogP contribution in [0.5, 0.6) is 0 Å². The molecule has 0 radical (unpaired) electrons. The first kappa shape index (κ1) is 13.6. The Bertz CT molecular complexity index is 603. The molecular weight excluding hydrogens is 253 g/mol. The molecule has 2 rings (SSSR count). The number of aryl methyl sites for hydroxylation is 2. The van der Waals surface area contributed by atoms with Crippen molar-refractivity contribution in [3.05, 3.63) is 70.0 Å². The molecule has 0 aromatic heterocycles. The molecule has 0 heterocycles. The summed E-state index contributed by atoms with van der Waals surface area (Å²) in [6, 6.07) is 6.22. The maximum absolute atomic E-state index is 13.9. The molecule has 0 fully saturated rings. The van der Waals surface area contributed by atoms with Gasteiger partial charge in [0.05, 0.1) is 5.56 Å². The summed E-state index contributed by atoms with van der Waals surface area (Å²) in [6.45, 7) is 3.12. The van der Waals surface area contributed by atoms with Crippen LogP contribution in [0, 0.1) is 31.3 Å².